The zero-order chi connectivity index (χ0) is 10.4. The van der Waals surface area contributed by atoms with E-state index in [9.17, 15) is 4.79 Å². The Morgan fingerprint density at radius 2 is 2.21 bits per heavy atom. The van der Waals surface area contributed by atoms with Crippen molar-refractivity contribution < 1.29 is 9.90 Å². The largest absolute Gasteiger partial charge is 0.481 e. The maximum absolute atomic E-state index is 10.4. The maximum atomic E-state index is 10.4. The summed E-state index contributed by atoms with van der Waals surface area (Å²) in [6.45, 7) is 1.62. The highest BCUT2D eigenvalue weighted by Gasteiger charge is 2.28. The lowest BCUT2D eigenvalue weighted by Gasteiger charge is -2.20. The highest BCUT2D eigenvalue weighted by atomic mass is 16.4. The summed E-state index contributed by atoms with van der Waals surface area (Å²) in [5.74, 6) is 1.89. The molecule has 0 heterocycles. The summed E-state index contributed by atoms with van der Waals surface area (Å²) in [6, 6.07) is 0.632. The van der Waals surface area contributed by atoms with Crippen LogP contribution in [0.2, 0.25) is 0 Å². The second kappa shape index (κ2) is 5.66. The second-order valence-electron chi connectivity index (χ2n) is 3.72. The molecule has 0 aromatic heterocycles. The van der Waals surface area contributed by atoms with E-state index in [1.54, 1.807) is 0 Å². The van der Waals surface area contributed by atoms with Crippen LogP contribution in [0.15, 0.2) is 0 Å². The quantitative estimate of drug-likeness (QED) is 0.492. The summed E-state index contributed by atoms with van der Waals surface area (Å²) in [4.78, 5) is 12.7. The van der Waals surface area contributed by atoms with Crippen LogP contribution in [-0.2, 0) is 4.79 Å². The number of hydrogen-bond donors (Lipinski definition) is 1. The van der Waals surface area contributed by atoms with Gasteiger partial charge in [-0.25, -0.2) is 0 Å². The average molecular weight is 195 g/mol. The first kappa shape index (κ1) is 11.1. The van der Waals surface area contributed by atoms with Crippen LogP contribution in [-0.4, -0.2) is 35.1 Å². The Labute approximate surface area is 85.1 Å². The van der Waals surface area contributed by atoms with Crippen molar-refractivity contribution in [1.29, 1.82) is 0 Å². The number of carboxylic acids is 1. The van der Waals surface area contributed by atoms with E-state index in [1.807, 2.05) is 0 Å². The minimum absolute atomic E-state index is 0.243. The Kier molecular flexibility index (Phi) is 4.48. The fraction of sp³-hybridized carbons (Fsp3) is 0.727. The third-order valence-corrected chi connectivity index (χ3v) is 2.44. The predicted molar refractivity (Wildman–Crippen MR) is 54.9 cm³/mol. The van der Waals surface area contributed by atoms with E-state index in [4.69, 9.17) is 11.5 Å². The Hall–Kier alpha value is -1.01. The highest BCUT2D eigenvalue weighted by Crippen LogP contribution is 2.27. The SMILES string of the molecule is C#CCCCN(CCC(=O)O)C1CC1. The van der Waals surface area contributed by atoms with E-state index in [0.717, 1.165) is 19.4 Å². The molecule has 0 aromatic rings. The lowest BCUT2D eigenvalue weighted by molar-refractivity contribution is -0.137. The van der Waals surface area contributed by atoms with Gasteiger partial charge in [-0.2, -0.15) is 0 Å². The lowest BCUT2D eigenvalue weighted by Crippen LogP contribution is -2.29. The molecule has 0 bridgehead atoms. The van der Waals surface area contributed by atoms with Crippen molar-refractivity contribution in [2.24, 2.45) is 0 Å². The van der Waals surface area contributed by atoms with Crippen molar-refractivity contribution in [3.8, 4) is 12.3 Å². The van der Waals surface area contributed by atoms with Crippen molar-refractivity contribution >= 4 is 5.97 Å². The third-order valence-electron chi connectivity index (χ3n) is 2.44. The first-order valence-corrected chi connectivity index (χ1v) is 5.13. The maximum Gasteiger partial charge on any atom is 0.304 e. The summed E-state index contributed by atoms with van der Waals surface area (Å²) in [5, 5.41) is 8.58. The molecule has 1 rings (SSSR count). The van der Waals surface area contributed by atoms with Gasteiger partial charge in [0.15, 0.2) is 0 Å². The van der Waals surface area contributed by atoms with Crippen LogP contribution in [0.5, 0.6) is 0 Å². The molecule has 0 aromatic carbocycles. The number of hydrogen-bond acceptors (Lipinski definition) is 2. The van der Waals surface area contributed by atoms with Gasteiger partial charge in [0.25, 0.3) is 0 Å². The predicted octanol–water partition coefficient (Wildman–Crippen LogP) is 1.34. The van der Waals surface area contributed by atoms with Crippen LogP contribution >= 0.6 is 0 Å². The van der Waals surface area contributed by atoms with E-state index in [2.05, 4.69) is 10.8 Å². The van der Waals surface area contributed by atoms with Crippen molar-refractivity contribution in [3.05, 3.63) is 0 Å². The van der Waals surface area contributed by atoms with Crippen LogP contribution in [0.1, 0.15) is 32.1 Å². The Morgan fingerprint density at radius 3 is 2.71 bits per heavy atom. The van der Waals surface area contributed by atoms with Gasteiger partial charge in [-0.15, -0.1) is 12.3 Å². The van der Waals surface area contributed by atoms with Gasteiger partial charge in [0.2, 0.25) is 0 Å². The minimum Gasteiger partial charge on any atom is -0.481 e. The Morgan fingerprint density at radius 1 is 1.50 bits per heavy atom. The summed E-state index contributed by atoms with van der Waals surface area (Å²) < 4.78 is 0. The second-order valence-corrected chi connectivity index (χ2v) is 3.72. The molecular formula is C11H17NO2. The van der Waals surface area contributed by atoms with E-state index < -0.39 is 5.97 Å². The number of nitrogens with zero attached hydrogens (tertiary/aromatic N) is 1. The molecule has 1 aliphatic rings. The topological polar surface area (TPSA) is 40.5 Å². The van der Waals surface area contributed by atoms with Gasteiger partial charge in [0.05, 0.1) is 6.42 Å². The molecular weight excluding hydrogens is 178 g/mol. The van der Waals surface area contributed by atoms with Crippen molar-refractivity contribution in [1.82, 2.24) is 4.90 Å². The van der Waals surface area contributed by atoms with Crippen LogP contribution in [0.4, 0.5) is 0 Å². The minimum atomic E-state index is -0.715. The van der Waals surface area contributed by atoms with Gasteiger partial charge < -0.3 is 5.11 Å². The van der Waals surface area contributed by atoms with Crippen molar-refractivity contribution in [2.75, 3.05) is 13.1 Å². The van der Waals surface area contributed by atoms with Gasteiger partial charge in [-0.05, 0) is 25.8 Å². The fourth-order valence-corrected chi connectivity index (χ4v) is 1.54. The molecule has 1 fully saturated rings. The molecule has 0 unspecified atom stereocenters. The van der Waals surface area contributed by atoms with Gasteiger partial charge in [0.1, 0.15) is 0 Å². The van der Waals surface area contributed by atoms with Crippen molar-refractivity contribution in [3.63, 3.8) is 0 Å². The molecule has 14 heavy (non-hydrogen) atoms. The number of aliphatic carboxylic acids is 1. The van der Waals surface area contributed by atoms with E-state index in [-0.39, 0.29) is 6.42 Å². The lowest BCUT2D eigenvalue weighted by atomic mass is 10.2. The Balaban J connectivity index is 2.18. The molecule has 0 spiro atoms. The number of terminal acetylenes is 1. The van der Waals surface area contributed by atoms with Gasteiger partial charge in [-0.3, -0.25) is 9.69 Å². The van der Waals surface area contributed by atoms with E-state index in [0.29, 0.717) is 12.6 Å². The standard InChI is InChI=1S/C11H17NO2/c1-2-3-4-8-12(10-5-6-10)9-7-11(13)14/h1,10H,3-9H2,(H,13,14). The van der Waals surface area contributed by atoms with Crippen LogP contribution in [0, 0.1) is 12.3 Å². The number of rotatable bonds is 7. The van der Waals surface area contributed by atoms with Crippen molar-refractivity contribution in [2.45, 2.75) is 38.1 Å². The van der Waals surface area contributed by atoms with Crippen LogP contribution < -0.4 is 0 Å². The molecule has 1 N–H and O–H groups in total. The summed E-state index contributed by atoms with van der Waals surface area (Å²) in [6.07, 6.45) is 9.61. The number of unbranched alkanes of at least 4 members (excludes halogenated alkanes) is 1. The van der Waals surface area contributed by atoms with Gasteiger partial charge in [-0.1, -0.05) is 0 Å². The first-order chi connectivity index (χ1) is 6.74. The number of carbonyl (C=O) groups is 1. The third kappa shape index (κ3) is 4.29. The van der Waals surface area contributed by atoms with E-state index in [1.165, 1.54) is 12.8 Å². The monoisotopic (exact) mass is 195 g/mol. The summed E-state index contributed by atoms with van der Waals surface area (Å²) in [7, 11) is 0. The molecule has 3 heteroatoms. The van der Waals surface area contributed by atoms with Crippen LogP contribution in [0.3, 0.4) is 0 Å². The molecule has 1 saturated carbocycles. The van der Waals surface area contributed by atoms with Gasteiger partial charge >= 0.3 is 5.97 Å². The normalized spacial score (nSPS) is 15.4. The zero-order valence-electron chi connectivity index (χ0n) is 8.41. The fourth-order valence-electron chi connectivity index (χ4n) is 1.54. The Bertz CT molecular complexity index is 228. The molecule has 3 nitrogen and oxygen atoms in total. The molecule has 1 aliphatic carbocycles. The van der Waals surface area contributed by atoms with E-state index >= 15 is 0 Å². The highest BCUT2D eigenvalue weighted by molar-refractivity contribution is 5.66. The number of carboxylic acid groups (broad SMARTS) is 1. The summed E-state index contributed by atoms with van der Waals surface area (Å²) in [5.41, 5.74) is 0. The first-order valence-electron chi connectivity index (χ1n) is 5.13. The molecule has 0 saturated heterocycles. The molecule has 78 valence electrons. The smallest absolute Gasteiger partial charge is 0.304 e. The van der Waals surface area contributed by atoms with Gasteiger partial charge in [0, 0.05) is 19.0 Å². The molecule has 0 radical (unpaired) electrons. The summed E-state index contributed by atoms with van der Waals surface area (Å²) >= 11 is 0. The van der Waals surface area contributed by atoms with Crippen LogP contribution in [0.25, 0.3) is 0 Å². The molecule has 0 aliphatic heterocycles. The molecule has 0 amide bonds. The molecule has 0 atom stereocenters. The average Bonchev–Trinajstić information content (AvgIpc) is 2.94. The zero-order valence-corrected chi connectivity index (χ0v) is 8.41.